The van der Waals surface area contributed by atoms with Gasteiger partial charge in [-0.1, -0.05) is 54.2 Å². The van der Waals surface area contributed by atoms with Crippen LogP contribution >= 0.6 is 23.1 Å². The molecule has 0 saturated heterocycles. The highest BCUT2D eigenvalue weighted by molar-refractivity contribution is 7.99. The van der Waals surface area contributed by atoms with Crippen LogP contribution in [0.1, 0.15) is 44.6 Å². The summed E-state index contributed by atoms with van der Waals surface area (Å²) in [5.74, 6) is -0.718. The lowest BCUT2D eigenvalue weighted by molar-refractivity contribution is -0.385. The van der Waals surface area contributed by atoms with Crippen LogP contribution in [0.3, 0.4) is 0 Å². The molecule has 0 bridgehead atoms. The number of carbonyl (C=O) groups is 2. The number of hydrogen-bond acceptors (Lipinski definition) is 9. The lowest BCUT2D eigenvalue weighted by Gasteiger charge is -2.22. The van der Waals surface area contributed by atoms with Crippen molar-refractivity contribution >= 4 is 46.3 Å². The number of benzene rings is 3. The van der Waals surface area contributed by atoms with Gasteiger partial charge in [0, 0.05) is 29.3 Å². The standard InChI is InChI=1S/C32H26FN7O4S2/c1-20-24(9-5-10-26(20)40(43)44)31(42)34-18-29-35-36-32(38(29)23-7-3-2-4-8-23)46-19-30(41)39-27(21-12-14-22(33)15-13-21)17-25(37-39)28-11-6-16-45-28/h2-16,27H,17-19H2,1H3,(H,34,42)/t27-/m0/s1. The zero-order chi connectivity index (χ0) is 32.2. The molecule has 0 radical (unpaired) electrons. The van der Waals surface area contributed by atoms with Gasteiger partial charge < -0.3 is 5.32 Å². The normalized spacial score (nSPS) is 14.3. The summed E-state index contributed by atoms with van der Waals surface area (Å²) < 4.78 is 15.4. The van der Waals surface area contributed by atoms with Gasteiger partial charge in [0.2, 0.25) is 0 Å². The Morgan fingerprint density at radius 2 is 1.83 bits per heavy atom. The topological polar surface area (TPSA) is 136 Å². The van der Waals surface area contributed by atoms with Gasteiger partial charge in [-0.3, -0.25) is 24.3 Å². The Kier molecular flexibility index (Phi) is 8.99. The second-order valence-corrected chi connectivity index (χ2v) is 12.2. The Hall–Kier alpha value is -5.21. The number of carbonyl (C=O) groups excluding carboxylic acids is 2. The van der Waals surface area contributed by atoms with Gasteiger partial charge in [-0.05, 0) is 54.3 Å². The maximum atomic E-state index is 13.7. The van der Waals surface area contributed by atoms with Gasteiger partial charge in [-0.25, -0.2) is 9.40 Å². The highest BCUT2D eigenvalue weighted by Crippen LogP contribution is 2.35. The number of rotatable bonds is 10. The number of nitro benzene ring substituents is 1. The highest BCUT2D eigenvalue weighted by Gasteiger charge is 2.34. The maximum Gasteiger partial charge on any atom is 0.273 e. The molecular formula is C32H26FN7O4S2. The molecule has 0 unspecified atom stereocenters. The molecule has 14 heteroatoms. The van der Waals surface area contributed by atoms with Gasteiger partial charge in [0.25, 0.3) is 17.5 Å². The van der Waals surface area contributed by atoms with Crippen LogP contribution in [0.15, 0.2) is 101 Å². The van der Waals surface area contributed by atoms with Crippen molar-refractivity contribution in [2.24, 2.45) is 5.10 Å². The van der Waals surface area contributed by atoms with E-state index >= 15 is 0 Å². The molecule has 1 N–H and O–H groups in total. The van der Waals surface area contributed by atoms with Crippen LogP contribution in [0.2, 0.25) is 0 Å². The Bertz CT molecular complexity index is 1930. The summed E-state index contributed by atoms with van der Waals surface area (Å²) >= 11 is 2.72. The van der Waals surface area contributed by atoms with E-state index in [1.54, 1.807) is 16.7 Å². The minimum atomic E-state index is -0.527. The smallest absolute Gasteiger partial charge is 0.273 e. The molecule has 2 amide bonds. The van der Waals surface area contributed by atoms with E-state index in [9.17, 15) is 24.1 Å². The van der Waals surface area contributed by atoms with Crippen LogP contribution in [-0.4, -0.2) is 48.0 Å². The summed E-state index contributed by atoms with van der Waals surface area (Å²) in [7, 11) is 0. The molecule has 2 aromatic heterocycles. The van der Waals surface area contributed by atoms with Crippen LogP contribution in [0, 0.1) is 22.9 Å². The van der Waals surface area contributed by atoms with Crippen molar-refractivity contribution in [2.75, 3.05) is 5.75 Å². The van der Waals surface area contributed by atoms with E-state index in [1.807, 2.05) is 47.8 Å². The molecule has 3 heterocycles. The molecule has 232 valence electrons. The number of aromatic nitrogens is 3. The van der Waals surface area contributed by atoms with Gasteiger partial charge in [-0.2, -0.15) is 5.10 Å². The molecular weight excluding hydrogens is 630 g/mol. The lowest BCUT2D eigenvalue weighted by Crippen LogP contribution is -2.28. The molecule has 1 aliphatic heterocycles. The second kappa shape index (κ2) is 13.4. The third-order valence-electron chi connectivity index (χ3n) is 7.42. The van der Waals surface area contributed by atoms with Crippen LogP contribution < -0.4 is 5.32 Å². The quantitative estimate of drug-likeness (QED) is 0.109. The molecule has 5 aromatic rings. The minimum Gasteiger partial charge on any atom is -0.345 e. The first kappa shape index (κ1) is 30.8. The fourth-order valence-corrected chi connectivity index (χ4v) is 6.68. The summed E-state index contributed by atoms with van der Waals surface area (Å²) in [4.78, 5) is 38.5. The van der Waals surface area contributed by atoms with Gasteiger partial charge in [0.1, 0.15) is 5.82 Å². The molecule has 0 spiro atoms. The molecule has 1 aliphatic rings. The molecule has 3 aromatic carbocycles. The lowest BCUT2D eigenvalue weighted by atomic mass is 10.0. The molecule has 0 saturated carbocycles. The Morgan fingerprint density at radius 1 is 1.04 bits per heavy atom. The monoisotopic (exact) mass is 655 g/mol. The first-order chi connectivity index (χ1) is 22.3. The Morgan fingerprint density at radius 3 is 2.54 bits per heavy atom. The van der Waals surface area contributed by atoms with E-state index in [4.69, 9.17) is 0 Å². The molecule has 46 heavy (non-hydrogen) atoms. The number of amides is 2. The fourth-order valence-electron chi connectivity index (χ4n) is 5.14. The number of thiophene rings is 1. The summed E-state index contributed by atoms with van der Waals surface area (Å²) in [5, 5.41) is 31.3. The van der Waals surface area contributed by atoms with E-state index in [0.29, 0.717) is 17.4 Å². The maximum absolute atomic E-state index is 13.7. The van der Waals surface area contributed by atoms with Crippen LogP contribution in [0.5, 0.6) is 0 Å². The van der Waals surface area contributed by atoms with Crippen molar-refractivity contribution in [3.63, 3.8) is 0 Å². The largest absolute Gasteiger partial charge is 0.345 e. The van der Waals surface area contributed by atoms with E-state index in [-0.39, 0.29) is 46.9 Å². The summed E-state index contributed by atoms with van der Waals surface area (Å²) in [6, 6.07) is 23.2. The van der Waals surface area contributed by atoms with E-state index < -0.39 is 10.8 Å². The third-order valence-corrected chi connectivity index (χ3v) is 9.25. The number of nitrogens with zero attached hydrogens (tertiary/aromatic N) is 6. The Labute approximate surface area is 270 Å². The highest BCUT2D eigenvalue weighted by atomic mass is 32.2. The van der Waals surface area contributed by atoms with Crippen molar-refractivity contribution < 1.29 is 18.9 Å². The number of thioether (sulfide) groups is 1. The third kappa shape index (κ3) is 6.43. The number of halogens is 1. The zero-order valence-corrected chi connectivity index (χ0v) is 26.0. The van der Waals surface area contributed by atoms with E-state index in [0.717, 1.165) is 21.8 Å². The average Bonchev–Trinajstić information content (AvgIpc) is 3.83. The fraction of sp³-hybridized carbons (Fsp3) is 0.156. The average molecular weight is 656 g/mol. The van der Waals surface area contributed by atoms with Crippen molar-refractivity contribution in [1.29, 1.82) is 0 Å². The second-order valence-electron chi connectivity index (χ2n) is 10.3. The summed E-state index contributed by atoms with van der Waals surface area (Å²) in [6.07, 6.45) is 0.497. The van der Waals surface area contributed by atoms with Crippen LogP contribution in [0.25, 0.3) is 5.69 Å². The van der Waals surface area contributed by atoms with Gasteiger partial charge in [-0.15, -0.1) is 21.5 Å². The summed E-state index contributed by atoms with van der Waals surface area (Å²) in [6.45, 7) is 1.50. The molecule has 0 fully saturated rings. The first-order valence-electron chi connectivity index (χ1n) is 14.1. The predicted octanol–water partition coefficient (Wildman–Crippen LogP) is 6.08. The van der Waals surface area contributed by atoms with Crippen molar-refractivity contribution in [3.8, 4) is 5.69 Å². The predicted molar refractivity (Wildman–Crippen MR) is 173 cm³/mol. The van der Waals surface area contributed by atoms with Crippen molar-refractivity contribution in [2.45, 2.75) is 31.1 Å². The minimum absolute atomic E-state index is 0.0108. The molecule has 0 aliphatic carbocycles. The molecule has 6 rings (SSSR count). The Balaban J connectivity index is 1.22. The van der Waals surface area contributed by atoms with Crippen molar-refractivity contribution in [1.82, 2.24) is 25.1 Å². The first-order valence-corrected chi connectivity index (χ1v) is 16.0. The zero-order valence-electron chi connectivity index (χ0n) is 24.4. The molecule has 11 nitrogen and oxygen atoms in total. The number of nitro groups is 1. The van der Waals surface area contributed by atoms with Gasteiger partial charge >= 0.3 is 0 Å². The number of hydrazone groups is 1. The van der Waals surface area contributed by atoms with Crippen LogP contribution in [0.4, 0.5) is 10.1 Å². The van der Waals surface area contributed by atoms with Crippen molar-refractivity contribution in [3.05, 3.63) is 134 Å². The number of hydrogen-bond donors (Lipinski definition) is 1. The van der Waals surface area contributed by atoms with Gasteiger partial charge in [0.15, 0.2) is 11.0 Å². The van der Waals surface area contributed by atoms with E-state index in [2.05, 4.69) is 20.6 Å². The van der Waals surface area contributed by atoms with Crippen LogP contribution in [-0.2, 0) is 11.3 Å². The van der Waals surface area contributed by atoms with E-state index in [1.165, 1.54) is 65.4 Å². The molecule has 1 atom stereocenters. The number of para-hydroxylation sites is 1. The van der Waals surface area contributed by atoms with Gasteiger partial charge in [0.05, 0.1) is 33.9 Å². The number of nitrogens with one attached hydrogen (secondary N) is 1. The summed E-state index contributed by atoms with van der Waals surface area (Å²) in [5.41, 5.74) is 2.59. The SMILES string of the molecule is Cc1c(C(=O)NCc2nnc(SCC(=O)N3N=C(c4cccs4)C[C@H]3c3ccc(F)cc3)n2-c2ccccc2)cccc1[N+](=O)[O-].